The maximum Gasteiger partial charge on any atom is 0.434 e. The lowest BCUT2D eigenvalue weighted by molar-refractivity contribution is -0.141. The number of nitrogens with zero attached hydrogens (tertiary/aromatic N) is 3. The van der Waals surface area contributed by atoms with Gasteiger partial charge in [0.05, 0.1) is 17.1 Å². The van der Waals surface area contributed by atoms with Crippen LogP contribution in [0.4, 0.5) is 19.1 Å². The van der Waals surface area contributed by atoms with Gasteiger partial charge in [-0.3, -0.25) is 4.79 Å². The van der Waals surface area contributed by atoms with Crippen molar-refractivity contribution >= 4 is 21.7 Å². The Morgan fingerprint density at radius 1 is 1.14 bits per heavy atom. The van der Waals surface area contributed by atoms with Crippen LogP contribution in [0.5, 0.6) is 0 Å². The molecule has 3 aliphatic carbocycles. The highest BCUT2D eigenvalue weighted by atomic mass is 32.2. The molecule has 0 unspecified atom stereocenters. The summed E-state index contributed by atoms with van der Waals surface area (Å²) in [6.07, 6.45) is 1.87. The van der Waals surface area contributed by atoms with Crippen molar-refractivity contribution in [2.24, 2.45) is 5.92 Å². The van der Waals surface area contributed by atoms with Gasteiger partial charge in [-0.25, -0.2) is 18.4 Å². The number of fused-ring (bicyclic) bond motifs is 3. The van der Waals surface area contributed by atoms with E-state index in [-0.39, 0.29) is 36.1 Å². The second-order valence-electron chi connectivity index (χ2n) is 8.29. The van der Waals surface area contributed by atoms with E-state index < -0.39 is 33.2 Å². The van der Waals surface area contributed by atoms with Gasteiger partial charge in [0.25, 0.3) is 5.91 Å². The first kappa shape index (κ1) is 20.4. The third-order valence-corrected chi connectivity index (χ3v) is 8.00. The highest BCUT2D eigenvalue weighted by Crippen LogP contribution is 2.45. The third kappa shape index (κ3) is 4.19. The fraction of sp³-hybridized carbons (Fsp3) is 0.722. The first-order valence-corrected chi connectivity index (χ1v) is 11.6. The van der Waals surface area contributed by atoms with Crippen LogP contribution in [-0.4, -0.2) is 59.3 Å². The summed E-state index contributed by atoms with van der Waals surface area (Å²) >= 11 is 0. The van der Waals surface area contributed by atoms with Crippen molar-refractivity contribution in [3.63, 3.8) is 0 Å². The topological polar surface area (TPSA) is 92.3 Å². The Hall–Kier alpha value is -1.91. The number of carbonyl (C=O) groups excluding carboxylic acids is 1. The van der Waals surface area contributed by atoms with Crippen LogP contribution in [0, 0.1) is 5.92 Å². The SMILES string of the molecule is O=C(c1cnc(NC23CCC(CC2)CC3)nc1C(F)(F)F)N1CCS(=O)(=O)CC1. The maximum atomic E-state index is 13.7. The Labute approximate surface area is 167 Å². The molecule has 1 saturated heterocycles. The summed E-state index contributed by atoms with van der Waals surface area (Å²) in [6, 6.07) is 0. The zero-order valence-corrected chi connectivity index (χ0v) is 16.7. The first-order chi connectivity index (χ1) is 13.6. The molecule has 2 heterocycles. The first-order valence-electron chi connectivity index (χ1n) is 9.79. The zero-order chi connectivity index (χ0) is 20.9. The molecule has 4 fully saturated rings. The van der Waals surface area contributed by atoms with Crippen molar-refractivity contribution in [1.82, 2.24) is 14.9 Å². The largest absolute Gasteiger partial charge is 0.434 e. The second-order valence-corrected chi connectivity index (χ2v) is 10.6. The van der Waals surface area contributed by atoms with E-state index in [0.717, 1.165) is 49.6 Å². The number of amides is 1. The normalized spacial score (nSPS) is 28.9. The van der Waals surface area contributed by atoms with Gasteiger partial charge >= 0.3 is 6.18 Å². The van der Waals surface area contributed by atoms with Crippen molar-refractivity contribution in [3.05, 3.63) is 17.5 Å². The van der Waals surface area contributed by atoms with Crippen LogP contribution < -0.4 is 5.32 Å². The van der Waals surface area contributed by atoms with Crippen LogP contribution in [-0.2, 0) is 16.0 Å². The molecule has 1 amide bonds. The van der Waals surface area contributed by atoms with E-state index in [0.29, 0.717) is 5.92 Å². The number of rotatable bonds is 3. The smallest absolute Gasteiger partial charge is 0.349 e. The molecule has 4 aliphatic rings. The molecule has 7 nitrogen and oxygen atoms in total. The molecule has 0 aromatic carbocycles. The lowest BCUT2D eigenvalue weighted by atomic mass is 9.66. The molecular formula is C18H23F3N4O3S. The number of sulfone groups is 1. The van der Waals surface area contributed by atoms with Gasteiger partial charge in [0.2, 0.25) is 5.95 Å². The summed E-state index contributed by atoms with van der Waals surface area (Å²) in [4.78, 5) is 21.4. The molecule has 160 valence electrons. The molecule has 0 spiro atoms. The van der Waals surface area contributed by atoms with E-state index >= 15 is 0 Å². The molecule has 1 aromatic heterocycles. The average Bonchev–Trinajstić information content (AvgIpc) is 2.68. The van der Waals surface area contributed by atoms with Crippen LogP contribution in [0.3, 0.4) is 0 Å². The average molecular weight is 432 g/mol. The predicted octanol–water partition coefficient (Wildman–Crippen LogP) is 2.50. The number of carbonyl (C=O) groups is 1. The molecule has 3 saturated carbocycles. The van der Waals surface area contributed by atoms with Crippen molar-refractivity contribution in [2.75, 3.05) is 29.9 Å². The lowest BCUT2D eigenvalue weighted by Gasteiger charge is -2.47. The van der Waals surface area contributed by atoms with Gasteiger partial charge in [-0.15, -0.1) is 0 Å². The van der Waals surface area contributed by atoms with Gasteiger partial charge in [-0.05, 0) is 44.4 Å². The van der Waals surface area contributed by atoms with E-state index in [2.05, 4.69) is 15.3 Å². The molecule has 1 N–H and O–H groups in total. The van der Waals surface area contributed by atoms with Gasteiger partial charge < -0.3 is 10.2 Å². The predicted molar refractivity (Wildman–Crippen MR) is 99.1 cm³/mol. The zero-order valence-electron chi connectivity index (χ0n) is 15.8. The minimum Gasteiger partial charge on any atom is -0.349 e. The third-order valence-electron chi connectivity index (χ3n) is 6.39. The minimum atomic E-state index is -4.83. The van der Waals surface area contributed by atoms with E-state index in [1.165, 1.54) is 0 Å². The molecule has 1 aromatic rings. The number of nitrogens with one attached hydrogen (secondary N) is 1. The van der Waals surface area contributed by atoms with E-state index in [9.17, 15) is 26.4 Å². The monoisotopic (exact) mass is 432 g/mol. The van der Waals surface area contributed by atoms with Gasteiger partial charge in [0.15, 0.2) is 15.5 Å². The van der Waals surface area contributed by atoms with Crippen LogP contribution in [0.1, 0.15) is 54.6 Å². The molecule has 2 bridgehead atoms. The van der Waals surface area contributed by atoms with Gasteiger partial charge in [0.1, 0.15) is 0 Å². The Morgan fingerprint density at radius 2 is 1.72 bits per heavy atom. The fourth-order valence-corrected chi connectivity index (χ4v) is 5.78. The number of halogens is 3. The quantitative estimate of drug-likeness (QED) is 0.789. The van der Waals surface area contributed by atoms with Crippen molar-refractivity contribution in [2.45, 2.75) is 50.2 Å². The fourth-order valence-electron chi connectivity index (χ4n) is 4.57. The van der Waals surface area contributed by atoms with Crippen LogP contribution in [0.15, 0.2) is 6.20 Å². The number of aromatic nitrogens is 2. The number of hydrogen-bond donors (Lipinski definition) is 1. The molecule has 1 aliphatic heterocycles. The van der Waals surface area contributed by atoms with E-state index in [1.807, 2.05) is 0 Å². The van der Waals surface area contributed by atoms with Gasteiger partial charge in [-0.2, -0.15) is 13.2 Å². The lowest BCUT2D eigenvalue weighted by Crippen LogP contribution is -2.47. The molecule has 11 heteroatoms. The summed E-state index contributed by atoms with van der Waals surface area (Å²) in [7, 11) is -3.26. The van der Waals surface area contributed by atoms with Crippen molar-refractivity contribution in [1.29, 1.82) is 0 Å². The van der Waals surface area contributed by atoms with Gasteiger partial charge in [0, 0.05) is 24.8 Å². The number of anilines is 1. The maximum absolute atomic E-state index is 13.7. The molecule has 29 heavy (non-hydrogen) atoms. The van der Waals surface area contributed by atoms with Crippen LogP contribution in [0.25, 0.3) is 0 Å². The summed E-state index contributed by atoms with van der Waals surface area (Å²) in [5.74, 6) is -0.821. The summed E-state index contributed by atoms with van der Waals surface area (Å²) in [6.45, 7) is -0.272. The molecule has 0 atom stereocenters. The van der Waals surface area contributed by atoms with Crippen molar-refractivity contribution < 1.29 is 26.4 Å². The van der Waals surface area contributed by atoms with Crippen LogP contribution in [0.2, 0.25) is 0 Å². The summed E-state index contributed by atoms with van der Waals surface area (Å²) in [5.41, 5.74) is -2.20. The Balaban J connectivity index is 1.59. The molecular weight excluding hydrogens is 409 g/mol. The van der Waals surface area contributed by atoms with Crippen molar-refractivity contribution in [3.8, 4) is 0 Å². The molecule has 0 radical (unpaired) electrons. The summed E-state index contributed by atoms with van der Waals surface area (Å²) in [5, 5.41) is 3.12. The standard InChI is InChI=1S/C18H23F3N4O3S/c19-18(20,21)14-13(15(26)25-7-9-29(27,28)10-8-25)11-22-16(23-14)24-17-4-1-12(2-5-17)3-6-17/h11-12H,1-10H2,(H,22,23,24). The van der Waals surface area contributed by atoms with Crippen LogP contribution >= 0.6 is 0 Å². The highest BCUT2D eigenvalue weighted by Gasteiger charge is 2.43. The Kier molecular flexibility index (Phi) is 4.99. The molecule has 5 rings (SSSR count). The Bertz CT molecular complexity index is 884. The number of alkyl halides is 3. The number of hydrogen-bond acceptors (Lipinski definition) is 6. The van der Waals surface area contributed by atoms with Gasteiger partial charge in [-0.1, -0.05) is 0 Å². The van der Waals surface area contributed by atoms with E-state index in [1.54, 1.807) is 0 Å². The van der Waals surface area contributed by atoms with E-state index in [4.69, 9.17) is 0 Å². The highest BCUT2D eigenvalue weighted by molar-refractivity contribution is 7.91. The Morgan fingerprint density at radius 3 is 2.28 bits per heavy atom. The second kappa shape index (κ2) is 7.10. The minimum absolute atomic E-state index is 0.115. The summed E-state index contributed by atoms with van der Waals surface area (Å²) < 4.78 is 64.0.